The van der Waals surface area contributed by atoms with E-state index in [0.717, 1.165) is 28.8 Å². The van der Waals surface area contributed by atoms with Crippen molar-refractivity contribution in [3.63, 3.8) is 0 Å². The fourth-order valence-corrected chi connectivity index (χ4v) is 2.00. The van der Waals surface area contributed by atoms with Gasteiger partial charge in [0.25, 0.3) is 0 Å². The number of hydrogen-bond donors (Lipinski definition) is 1. The first-order chi connectivity index (χ1) is 9.08. The summed E-state index contributed by atoms with van der Waals surface area (Å²) in [5, 5.41) is 8.57. The third-order valence-corrected chi connectivity index (χ3v) is 2.91. The van der Waals surface area contributed by atoms with Gasteiger partial charge in [-0.05, 0) is 18.6 Å². The molecule has 1 aliphatic rings. The Morgan fingerprint density at radius 2 is 2.00 bits per heavy atom. The molecule has 5 nitrogen and oxygen atoms in total. The first-order valence-electron chi connectivity index (χ1n) is 6.09. The Labute approximate surface area is 112 Å². The zero-order chi connectivity index (χ0) is 13.8. The minimum absolute atomic E-state index is 0.521. The molecule has 19 heavy (non-hydrogen) atoms. The van der Waals surface area contributed by atoms with Crippen LogP contribution >= 0.6 is 0 Å². The van der Waals surface area contributed by atoms with Gasteiger partial charge in [0.2, 0.25) is 0 Å². The van der Waals surface area contributed by atoms with Crippen LogP contribution in [0.4, 0.5) is 5.69 Å². The lowest BCUT2D eigenvalue weighted by Gasteiger charge is -2.24. The van der Waals surface area contributed by atoms with Crippen LogP contribution in [0.2, 0.25) is 0 Å². The summed E-state index contributed by atoms with van der Waals surface area (Å²) < 4.78 is 11.1. The number of carboxylic acid groups (broad SMARTS) is 1. The molecule has 0 unspecified atom stereocenters. The summed E-state index contributed by atoms with van der Waals surface area (Å²) >= 11 is 0. The molecule has 0 atom stereocenters. The van der Waals surface area contributed by atoms with Gasteiger partial charge in [0.05, 0.1) is 0 Å². The number of nitrogens with zero attached hydrogens (tertiary/aromatic N) is 1. The van der Waals surface area contributed by atoms with Gasteiger partial charge < -0.3 is 19.5 Å². The third-order valence-electron chi connectivity index (χ3n) is 2.91. The van der Waals surface area contributed by atoms with Gasteiger partial charge >= 0.3 is 5.97 Å². The van der Waals surface area contributed by atoms with Crippen LogP contribution < -0.4 is 14.4 Å². The number of anilines is 1. The molecule has 0 spiro atoms. The number of aliphatic carboxylic acids is 1. The molecule has 2 rings (SSSR count). The second-order valence-corrected chi connectivity index (χ2v) is 4.40. The lowest BCUT2D eigenvalue weighted by Crippen LogP contribution is -2.20. The maximum atomic E-state index is 10.4. The quantitative estimate of drug-likeness (QED) is 0.840. The Kier molecular flexibility index (Phi) is 3.94. The fraction of sp³-hybridized carbons (Fsp3) is 0.357. The van der Waals surface area contributed by atoms with Gasteiger partial charge in [0.15, 0.2) is 11.5 Å². The topological polar surface area (TPSA) is 59.0 Å². The summed E-state index contributed by atoms with van der Waals surface area (Å²) in [5.74, 6) is 0.565. The summed E-state index contributed by atoms with van der Waals surface area (Å²) in [6, 6.07) is 3.87. The number of carbonyl (C=O) groups is 1. The molecule has 1 aromatic carbocycles. The van der Waals surface area contributed by atoms with Crippen LogP contribution in [-0.2, 0) is 4.79 Å². The molecule has 0 aliphatic carbocycles. The molecule has 0 saturated heterocycles. The van der Waals surface area contributed by atoms with Crippen molar-refractivity contribution in [2.24, 2.45) is 0 Å². The van der Waals surface area contributed by atoms with Gasteiger partial charge in [-0.25, -0.2) is 4.79 Å². The van der Waals surface area contributed by atoms with Crippen LogP contribution in [0.5, 0.6) is 11.5 Å². The van der Waals surface area contributed by atoms with E-state index >= 15 is 0 Å². The Morgan fingerprint density at radius 3 is 2.63 bits per heavy atom. The van der Waals surface area contributed by atoms with E-state index in [2.05, 4.69) is 0 Å². The molecule has 1 aromatic rings. The average molecular weight is 263 g/mol. The average Bonchev–Trinajstić information content (AvgIpc) is 2.37. The molecule has 102 valence electrons. The van der Waals surface area contributed by atoms with Gasteiger partial charge in [-0.15, -0.1) is 0 Å². The van der Waals surface area contributed by atoms with Gasteiger partial charge in [-0.1, -0.05) is 6.08 Å². The zero-order valence-corrected chi connectivity index (χ0v) is 11.0. The summed E-state index contributed by atoms with van der Waals surface area (Å²) in [7, 11) is 1.91. The highest BCUT2D eigenvalue weighted by molar-refractivity contribution is 5.79. The molecule has 0 saturated carbocycles. The number of rotatable bonds is 4. The molecule has 0 fully saturated rings. The summed E-state index contributed by atoms with van der Waals surface area (Å²) in [5.41, 5.74) is 2.06. The third kappa shape index (κ3) is 3.19. The summed E-state index contributed by atoms with van der Waals surface area (Å²) in [6.45, 7) is 3.64. The minimum Gasteiger partial charge on any atom is -0.486 e. The van der Waals surface area contributed by atoms with Gasteiger partial charge in [-0.2, -0.15) is 0 Å². The standard InChI is InChI=1S/C14H17NO4/c1-10-8-12-13(19-7-6-18-12)9-11(10)15(2)5-3-4-14(16)17/h3-4,8-9H,5-7H2,1-2H3,(H,16,17)/b4-3+. The van der Waals surface area contributed by atoms with Crippen LogP contribution in [0.15, 0.2) is 24.3 Å². The van der Waals surface area contributed by atoms with Crippen LogP contribution in [-0.4, -0.2) is 37.9 Å². The Morgan fingerprint density at radius 1 is 1.37 bits per heavy atom. The largest absolute Gasteiger partial charge is 0.486 e. The van der Waals surface area contributed by atoms with Crippen LogP contribution in [0.3, 0.4) is 0 Å². The number of fused-ring (bicyclic) bond motifs is 1. The van der Waals surface area contributed by atoms with Gasteiger partial charge in [0.1, 0.15) is 13.2 Å². The fourth-order valence-electron chi connectivity index (χ4n) is 2.00. The van der Waals surface area contributed by atoms with Crippen molar-refractivity contribution in [2.45, 2.75) is 6.92 Å². The minimum atomic E-state index is -0.938. The molecule has 0 radical (unpaired) electrons. The van der Waals surface area contributed by atoms with E-state index in [1.54, 1.807) is 6.08 Å². The molecular formula is C14H17NO4. The van der Waals surface area contributed by atoms with Crippen molar-refractivity contribution in [1.82, 2.24) is 0 Å². The molecule has 5 heteroatoms. The summed E-state index contributed by atoms with van der Waals surface area (Å²) in [6.07, 6.45) is 2.75. The molecule has 1 aliphatic heterocycles. The van der Waals surface area contributed by atoms with Crippen LogP contribution in [0, 0.1) is 6.92 Å². The van der Waals surface area contributed by atoms with Crippen molar-refractivity contribution in [3.8, 4) is 11.5 Å². The van der Waals surface area contributed by atoms with Crippen LogP contribution in [0.1, 0.15) is 5.56 Å². The van der Waals surface area contributed by atoms with E-state index in [1.807, 2.05) is 31.0 Å². The van der Waals surface area contributed by atoms with Crippen molar-refractivity contribution < 1.29 is 19.4 Å². The van der Waals surface area contributed by atoms with Crippen LogP contribution in [0.25, 0.3) is 0 Å². The van der Waals surface area contributed by atoms with Crippen molar-refractivity contribution in [1.29, 1.82) is 0 Å². The highest BCUT2D eigenvalue weighted by atomic mass is 16.6. The maximum absolute atomic E-state index is 10.4. The van der Waals surface area contributed by atoms with E-state index in [-0.39, 0.29) is 0 Å². The monoisotopic (exact) mass is 263 g/mol. The second-order valence-electron chi connectivity index (χ2n) is 4.40. The van der Waals surface area contributed by atoms with Crippen molar-refractivity contribution >= 4 is 11.7 Å². The lowest BCUT2D eigenvalue weighted by atomic mass is 10.1. The second kappa shape index (κ2) is 5.65. The predicted octanol–water partition coefficient (Wildman–Crippen LogP) is 1.84. The number of hydrogen-bond acceptors (Lipinski definition) is 4. The van der Waals surface area contributed by atoms with Gasteiger partial charge in [0, 0.05) is 31.4 Å². The Bertz CT molecular complexity index is 510. The van der Waals surface area contributed by atoms with E-state index in [9.17, 15) is 4.79 Å². The first kappa shape index (κ1) is 13.3. The maximum Gasteiger partial charge on any atom is 0.328 e. The van der Waals surface area contributed by atoms with E-state index < -0.39 is 5.97 Å². The SMILES string of the molecule is Cc1cc2c(cc1N(C)C/C=C/C(=O)O)OCCO2. The number of carboxylic acids is 1. The molecular weight excluding hydrogens is 246 g/mol. The first-order valence-corrected chi connectivity index (χ1v) is 6.09. The highest BCUT2D eigenvalue weighted by Crippen LogP contribution is 2.36. The zero-order valence-electron chi connectivity index (χ0n) is 11.0. The summed E-state index contributed by atoms with van der Waals surface area (Å²) in [4.78, 5) is 12.4. The molecule has 0 bridgehead atoms. The molecule has 0 amide bonds. The van der Waals surface area contributed by atoms with Crippen molar-refractivity contribution in [3.05, 3.63) is 29.8 Å². The number of likely N-dealkylation sites (N-methyl/N-ethyl adjacent to an activating group) is 1. The van der Waals surface area contributed by atoms with E-state index in [4.69, 9.17) is 14.6 Å². The molecule has 1 heterocycles. The normalized spacial score (nSPS) is 13.6. The Balaban J connectivity index is 2.17. The lowest BCUT2D eigenvalue weighted by molar-refractivity contribution is -0.131. The number of ether oxygens (including phenoxy) is 2. The van der Waals surface area contributed by atoms with Crippen molar-refractivity contribution in [2.75, 3.05) is 31.7 Å². The van der Waals surface area contributed by atoms with E-state index in [1.165, 1.54) is 0 Å². The smallest absolute Gasteiger partial charge is 0.328 e. The molecule has 0 aromatic heterocycles. The predicted molar refractivity (Wildman–Crippen MR) is 72.2 cm³/mol. The Hall–Kier alpha value is -2.17. The number of aryl methyl sites for hydroxylation is 1. The van der Waals surface area contributed by atoms with E-state index in [0.29, 0.717) is 19.8 Å². The molecule has 1 N–H and O–H groups in total. The van der Waals surface area contributed by atoms with Gasteiger partial charge in [-0.3, -0.25) is 0 Å². The highest BCUT2D eigenvalue weighted by Gasteiger charge is 2.15. The number of benzene rings is 1.